The Morgan fingerprint density at radius 3 is 2.60 bits per heavy atom. The Morgan fingerprint density at radius 2 is 2.00 bits per heavy atom. The number of methoxy groups -OCH3 is 1. The number of benzene rings is 1. The van der Waals surface area contributed by atoms with E-state index in [0.29, 0.717) is 5.75 Å². The van der Waals surface area contributed by atoms with Crippen LogP contribution in [-0.4, -0.2) is 24.1 Å². The van der Waals surface area contributed by atoms with Crippen LogP contribution in [0.2, 0.25) is 0 Å². The Bertz CT molecular complexity index is 508. The predicted octanol–water partition coefficient (Wildman–Crippen LogP) is 3.09. The molecule has 1 aromatic rings. The van der Waals surface area contributed by atoms with Gasteiger partial charge in [-0.1, -0.05) is 6.42 Å². The van der Waals surface area contributed by atoms with Gasteiger partial charge in [0.25, 0.3) is 5.69 Å². The molecular weight excluding hydrogens is 262 g/mol. The van der Waals surface area contributed by atoms with Gasteiger partial charge in [0.1, 0.15) is 11.3 Å². The van der Waals surface area contributed by atoms with E-state index in [1.807, 2.05) is 0 Å². The summed E-state index contributed by atoms with van der Waals surface area (Å²) in [4.78, 5) is 22.0. The van der Waals surface area contributed by atoms with Crippen molar-refractivity contribution in [1.29, 1.82) is 0 Å². The molecule has 1 aromatic carbocycles. The third kappa shape index (κ3) is 3.26. The van der Waals surface area contributed by atoms with Crippen molar-refractivity contribution in [2.24, 2.45) is 0 Å². The summed E-state index contributed by atoms with van der Waals surface area (Å²) in [6.07, 6.45) is 5.35. The lowest BCUT2D eigenvalue weighted by Gasteiger charge is -2.23. The number of nitro groups is 1. The third-order valence-electron chi connectivity index (χ3n) is 3.43. The number of esters is 1. The maximum atomic E-state index is 11.7. The second-order valence-electron chi connectivity index (χ2n) is 4.81. The van der Waals surface area contributed by atoms with E-state index in [1.165, 1.54) is 31.7 Å². The number of nitro benzene ring substituents is 1. The molecule has 0 aliphatic heterocycles. The molecule has 0 unspecified atom stereocenters. The van der Waals surface area contributed by atoms with Crippen LogP contribution in [0.5, 0.6) is 5.75 Å². The first kappa shape index (κ1) is 14.3. The maximum absolute atomic E-state index is 11.7. The maximum Gasteiger partial charge on any atom is 0.341 e. The number of rotatable bonds is 4. The summed E-state index contributed by atoms with van der Waals surface area (Å²) in [5.74, 6) is -0.270. The highest BCUT2D eigenvalue weighted by Gasteiger charge is 2.22. The molecule has 0 heterocycles. The van der Waals surface area contributed by atoms with Gasteiger partial charge < -0.3 is 9.47 Å². The number of carbonyl (C=O) groups is 1. The van der Waals surface area contributed by atoms with Gasteiger partial charge >= 0.3 is 5.97 Å². The van der Waals surface area contributed by atoms with Crippen LogP contribution in [0.3, 0.4) is 0 Å². The molecule has 0 spiro atoms. The lowest BCUT2D eigenvalue weighted by molar-refractivity contribution is -0.384. The first-order valence-electron chi connectivity index (χ1n) is 6.65. The number of hydrogen-bond donors (Lipinski definition) is 0. The van der Waals surface area contributed by atoms with Gasteiger partial charge in [-0.2, -0.15) is 0 Å². The van der Waals surface area contributed by atoms with Crippen molar-refractivity contribution >= 4 is 11.7 Å². The quantitative estimate of drug-likeness (QED) is 0.480. The molecule has 108 valence electrons. The van der Waals surface area contributed by atoms with Gasteiger partial charge in [-0.25, -0.2) is 4.79 Å². The Morgan fingerprint density at radius 1 is 1.30 bits per heavy atom. The average molecular weight is 279 g/mol. The van der Waals surface area contributed by atoms with Gasteiger partial charge in [-0.05, 0) is 31.7 Å². The van der Waals surface area contributed by atoms with Gasteiger partial charge in [0.05, 0.1) is 18.1 Å². The van der Waals surface area contributed by atoms with Crippen molar-refractivity contribution in [3.63, 3.8) is 0 Å². The Labute approximate surface area is 116 Å². The summed E-state index contributed by atoms with van der Waals surface area (Å²) in [6.45, 7) is 0. The highest BCUT2D eigenvalue weighted by atomic mass is 16.6. The molecule has 20 heavy (non-hydrogen) atoms. The molecule has 0 bridgehead atoms. The average Bonchev–Trinajstić information content (AvgIpc) is 2.47. The molecule has 6 nitrogen and oxygen atoms in total. The number of nitrogens with zero attached hydrogens (tertiary/aromatic N) is 1. The highest BCUT2D eigenvalue weighted by molar-refractivity contribution is 5.93. The second kappa shape index (κ2) is 6.36. The van der Waals surface area contributed by atoms with E-state index in [4.69, 9.17) is 4.74 Å². The standard InChI is InChI=1S/C14H17NO5/c1-19-14(16)12-9-10(15(17)18)7-8-13(12)20-11-5-3-2-4-6-11/h7-9,11H,2-6H2,1H3. The second-order valence-corrected chi connectivity index (χ2v) is 4.81. The monoisotopic (exact) mass is 279 g/mol. The van der Waals surface area contributed by atoms with E-state index in [0.717, 1.165) is 25.7 Å². The Balaban J connectivity index is 2.25. The molecule has 0 N–H and O–H groups in total. The molecule has 1 fully saturated rings. The number of carbonyl (C=O) groups excluding carboxylic acids is 1. The lowest BCUT2D eigenvalue weighted by Crippen LogP contribution is -2.21. The molecule has 0 amide bonds. The molecule has 6 heteroatoms. The lowest BCUT2D eigenvalue weighted by atomic mass is 9.97. The fourth-order valence-corrected chi connectivity index (χ4v) is 2.37. The van der Waals surface area contributed by atoms with Crippen molar-refractivity contribution in [3.8, 4) is 5.75 Å². The number of non-ortho nitro benzene ring substituents is 1. The smallest absolute Gasteiger partial charge is 0.341 e. The van der Waals surface area contributed by atoms with E-state index in [9.17, 15) is 14.9 Å². The minimum absolute atomic E-state index is 0.0635. The van der Waals surface area contributed by atoms with Crippen LogP contribution < -0.4 is 4.74 Å². The van der Waals surface area contributed by atoms with Crippen LogP contribution in [0.25, 0.3) is 0 Å². The summed E-state index contributed by atoms with van der Waals surface area (Å²) < 4.78 is 10.5. The first-order chi connectivity index (χ1) is 9.61. The van der Waals surface area contributed by atoms with E-state index < -0.39 is 10.9 Å². The molecule has 0 aromatic heterocycles. The largest absolute Gasteiger partial charge is 0.490 e. The van der Waals surface area contributed by atoms with Crippen LogP contribution in [0, 0.1) is 10.1 Å². The zero-order chi connectivity index (χ0) is 14.5. The molecule has 0 atom stereocenters. The van der Waals surface area contributed by atoms with Crippen LogP contribution >= 0.6 is 0 Å². The van der Waals surface area contributed by atoms with E-state index in [-0.39, 0.29) is 17.4 Å². The molecule has 0 radical (unpaired) electrons. The molecule has 1 aliphatic carbocycles. The van der Waals surface area contributed by atoms with Crippen molar-refractivity contribution in [2.75, 3.05) is 7.11 Å². The van der Waals surface area contributed by atoms with Crippen LogP contribution in [0.4, 0.5) is 5.69 Å². The Kier molecular flexibility index (Phi) is 4.55. The zero-order valence-corrected chi connectivity index (χ0v) is 11.3. The highest BCUT2D eigenvalue weighted by Crippen LogP contribution is 2.29. The number of hydrogen-bond acceptors (Lipinski definition) is 5. The fraction of sp³-hybridized carbons (Fsp3) is 0.500. The summed E-state index contributed by atoms with van der Waals surface area (Å²) in [5.41, 5.74) is -0.0475. The van der Waals surface area contributed by atoms with Crippen LogP contribution in [-0.2, 0) is 4.74 Å². The zero-order valence-electron chi connectivity index (χ0n) is 11.3. The molecule has 0 saturated heterocycles. The number of ether oxygens (including phenoxy) is 2. The van der Waals surface area contributed by atoms with Gasteiger partial charge in [0.15, 0.2) is 0 Å². The topological polar surface area (TPSA) is 78.7 Å². The third-order valence-corrected chi connectivity index (χ3v) is 3.43. The van der Waals surface area contributed by atoms with E-state index in [1.54, 1.807) is 0 Å². The summed E-state index contributed by atoms with van der Waals surface area (Å²) >= 11 is 0. The SMILES string of the molecule is COC(=O)c1cc([N+](=O)[O-])ccc1OC1CCCCC1. The van der Waals surface area contributed by atoms with Crippen molar-refractivity contribution in [3.05, 3.63) is 33.9 Å². The summed E-state index contributed by atoms with van der Waals surface area (Å²) in [6, 6.07) is 4.01. The first-order valence-corrected chi connectivity index (χ1v) is 6.65. The van der Waals surface area contributed by atoms with Crippen LogP contribution in [0.1, 0.15) is 42.5 Å². The molecule has 1 aliphatic rings. The van der Waals surface area contributed by atoms with Crippen molar-refractivity contribution in [1.82, 2.24) is 0 Å². The van der Waals surface area contributed by atoms with Gasteiger partial charge in [0.2, 0.25) is 0 Å². The summed E-state index contributed by atoms with van der Waals surface area (Å²) in [5, 5.41) is 10.8. The van der Waals surface area contributed by atoms with E-state index in [2.05, 4.69) is 4.74 Å². The van der Waals surface area contributed by atoms with Gasteiger partial charge in [-0.3, -0.25) is 10.1 Å². The normalized spacial score (nSPS) is 15.7. The molecular formula is C14H17NO5. The molecule has 2 rings (SSSR count). The Hall–Kier alpha value is -2.11. The minimum Gasteiger partial charge on any atom is -0.490 e. The van der Waals surface area contributed by atoms with Crippen molar-refractivity contribution in [2.45, 2.75) is 38.2 Å². The fourth-order valence-electron chi connectivity index (χ4n) is 2.37. The molecule has 1 saturated carbocycles. The van der Waals surface area contributed by atoms with Gasteiger partial charge in [0, 0.05) is 12.1 Å². The summed E-state index contributed by atoms with van der Waals surface area (Å²) in [7, 11) is 1.24. The predicted molar refractivity (Wildman–Crippen MR) is 71.9 cm³/mol. The van der Waals surface area contributed by atoms with Gasteiger partial charge in [-0.15, -0.1) is 0 Å². The van der Waals surface area contributed by atoms with E-state index >= 15 is 0 Å². The van der Waals surface area contributed by atoms with Crippen LogP contribution in [0.15, 0.2) is 18.2 Å². The minimum atomic E-state index is -0.625. The van der Waals surface area contributed by atoms with Crippen molar-refractivity contribution < 1.29 is 19.2 Å².